The summed E-state index contributed by atoms with van der Waals surface area (Å²) in [6.07, 6.45) is 0.0675. The van der Waals surface area contributed by atoms with Crippen molar-refractivity contribution in [2.24, 2.45) is 5.73 Å². The molecule has 0 aliphatic heterocycles. The average molecular weight is 138 g/mol. The standard InChI is InChI=1S/C4H8ClNO2/c1-8-4(7)2-3(5)6/h3H,2,6H2,1H3. The van der Waals surface area contributed by atoms with E-state index < -0.39 is 5.50 Å². The molecule has 0 saturated heterocycles. The van der Waals surface area contributed by atoms with Gasteiger partial charge in [-0.15, -0.1) is 11.6 Å². The molecule has 0 aromatic rings. The van der Waals surface area contributed by atoms with Gasteiger partial charge in [-0.2, -0.15) is 0 Å². The third kappa shape index (κ3) is 3.89. The van der Waals surface area contributed by atoms with E-state index in [1.807, 2.05) is 0 Å². The van der Waals surface area contributed by atoms with E-state index >= 15 is 0 Å². The Morgan fingerprint density at radius 2 is 2.50 bits per heavy atom. The summed E-state index contributed by atoms with van der Waals surface area (Å²) in [5, 5.41) is 0. The summed E-state index contributed by atoms with van der Waals surface area (Å²) in [5.41, 5.74) is 4.41. The van der Waals surface area contributed by atoms with Crippen LogP contribution in [0.5, 0.6) is 0 Å². The second kappa shape index (κ2) is 3.69. The minimum Gasteiger partial charge on any atom is -0.469 e. The van der Waals surface area contributed by atoms with Crippen LogP contribution in [-0.4, -0.2) is 18.6 Å². The van der Waals surface area contributed by atoms with Gasteiger partial charge in [-0.1, -0.05) is 0 Å². The molecule has 0 spiro atoms. The predicted octanol–water partition coefficient (Wildman–Crippen LogP) is 0.0731. The lowest BCUT2D eigenvalue weighted by Crippen LogP contribution is -2.17. The van der Waals surface area contributed by atoms with Crippen LogP contribution in [0.4, 0.5) is 0 Å². The van der Waals surface area contributed by atoms with Gasteiger partial charge in [-0.05, 0) is 0 Å². The Morgan fingerprint density at radius 3 is 2.62 bits per heavy atom. The lowest BCUT2D eigenvalue weighted by Gasteiger charge is -1.98. The molecule has 0 heterocycles. The number of carbonyl (C=O) groups is 1. The monoisotopic (exact) mass is 137 g/mol. The van der Waals surface area contributed by atoms with E-state index in [2.05, 4.69) is 4.74 Å². The smallest absolute Gasteiger partial charge is 0.308 e. The zero-order valence-electron chi connectivity index (χ0n) is 4.56. The fraction of sp³-hybridized carbons (Fsp3) is 0.750. The zero-order chi connectivity index (χ0) is 6.57. The van der Waals surface area contributed by atoms with Crippen LogP contribution in [0.25, 0.3) is 0 Å². The molecule has 48 valence electrons. The normalized spacial score (nSPS) is 12.9. The van der Waals surface area contributed by atoms with Crippen molar-refractivity contribution >= 4 is 17.6 Å². The van der Waals surface area contributed by atoms with E-state index in [0.717, 1.165) is 0 Å². The minimum absolute atomic E-state index is 0.0675. The van der Waals surface area contributed by atoms with Gasteiger partial charge in [0, 0.05) is 0 Å². The van der Waals surface area contributed by atoms with Gasteiger partial charge < -0.3 is 10.5 Å². The Hall–Kier alpha value is -0.280. The topological polar surface area (TPSA) is 52.3 Å². The number of methoxy groups -OCH3 is 1. The molecule has 2 N–H and O–H groups in total. The summed E-state index contributed by atoms with van der Waals surface area (Å²) >= 11 is 5.23. The van der Waals surface area contributed by atoms with Gasteiger partial charge in [0.2, 0.25) is 0 Å². The molecule has 0 rings (SSSR count). The minimum atomic E-state index is -0.623. The van der Waals surface area contributed by atoms with Gasteiger partial charge in [0.15, 0.2) is 0 Å². The summed E-state index contributed by atoms with van der Waals surface area (Å²) in [6, 6.07) is 0. The summed E-state index contributed by atoms with van der Waals surface area (Å²) in [6.45, 7) is 0. The highest BCUT2D eigenvalue weighted by Crippen LogP contribution is 1.93. The molecule has 0 radical (unpaired) electrons. The molecular weight excluding hydrogens is 130 g/mol. The molecule has 0 aliphatic carbocycles. The number of hydrogen-bond donors (Lipinski definition) is 1. The van der Waals surface area contributed by atoms with Crippen molar-refractivity contribution in [1.82, 2.24) is 0 Å². The molecular formula is C4H8ClNO2. The lowest BCUT2D eigenvalue weighted by molar-refractivity contribution is -0.140. The highest BCUT2D eigenvalue weighted by atomic mass is 35.5. The maximum absolute atomic E-state index is 10.2. The van der Waals surface area contributed by atoms with Gasteiger partial charge in [-0.25, -0.2) is 0 Å². The summed E-state index contributed by atoms with van der Waals surface area (Å²) < 4.78 is 4.26. The zero-order valence-corrected chi connectivity index (χ0v) is 5.31. The Morgan fingerprint density at radius 1 is 2.00 bits per heavy atom. The van der Waals surface area contributed by atoms with Crippen LogP contribution >= 0.6 is 11.6 Å². The predicted molar refractivity (Wildman–Crippen MR) is 30.5 cm³/mol. The highest BCUT2D eigenvalue weighted by molar-refractivity contribution is 6.21. The van der Waals surface area contributed by atoms with Crippen molar-refractivity contribution in [3.63, 3.8) is 0 Å². The number of hydrogen-bond acceptors (Lipinski definition) is 3. The summed E-state index contributed by atoms with van der Waals surface area (Å²) in [7, 11) is 1.29. The molecule has 1 unspecified atom stereocenters. The fourth-order valence-electron chi connectivity index (χ4n) is 0.243. The van der Waals surface area contributed by atoms with Crippen LogP contribution in [0.15, 0.2) is 0 Å². The molecule has 1 atom stereocenters. The van der Waals surface area contributed by atoms with Crippen molar-refractivity contribution in [1.29, 1.82) is 0 Å². The number of rotatable bonds is 2. The van der Waals surface area contributed by atoms with Crippen LogP contribution in [0, 0.1) is 0 Å². The van der Waals surface area contributed by atoms with E-state index in [1.54, 1.807) is 0 Å². The van der Waals surface area contributed by atoms with E-state index in [9.17, 15) is 4.79 Å². The number of nitrogens with two attached hydrogens (primary N) is 1. The first-order valence-corrected chi connectivity index (χ1v) is 2.57. The van der Waals surface area contributed by atoms with Crippen LogP contribution in [-0.2, 0) is 9.53 Å². The second-order valence-electron chi connectivity index (χ2n) is 1.30. The Balaban J connectivity index is 3.25. The van der Waals surface area contributed by atoms with Gasteiger partial charge in [0.25, 0.3) is 0 Å². The van der Waals surface area contributed by atoms with Crippen LogP contribution in [0.2, 0.25) is 0 Å². The maximum Gasteiger partial charge on any atom is 0.308 e. The Labute approximate surface area is 52.8 Å². The molecule has 0 fully saturated rings. The van der Waals surface area contributed by atoms with Gasteiger partial charge in [0.05, 0.1) is 19.0 Å². The molecule has 0 bridgehead atoms. The van der Waals surface area contributed by atoms with Crippen molar-refractivity contribution < 1.29 is 9.53 Å². The lowest BCUT2D eigenvalue weighted by atomic mass is 10.4. The average Bonchev–Trinajstić information content (AvgIpc) is 1.65. The van der Waals surface area contributed by atoms with Crippen molar-refractivity contribution in [2.75, 3.05) is 7.11 Å². The number of ether oxygens (including phenoxy) is 1. The van der Waals surface area contributed by atoms with Gasteiger partial charge >= 0.3 is 5.97 Å². The second-order valence-corrected chi connectivity index (χ2v) is 1.86. The first kappa shape index (κ1) is 7.72. The largest absolute Gasteiger partial charge is 0.469 e. The van der Waals surface area contributed by atoms with Gasteiger partial charge in [0.1, 0.15) is 0 Å². The van der Waals surface area contributed by atoms with Crippen molar-refractivity contribution in [2.45, 2.75) is 11.9 Å². The maximum atomic E-state index is 10.2. The fourth-order valence-corrected chi connectivity index (χ4v) is 0.369. The number of alkyl halides is 1. The highest BCUT2D eigenvalue weighted by Gasteiger charge is 2.03. The van der Waals surface area contributed by atoms with Crippen molar-refractivity contribution in [3.8, 4) is 0 Å². The third-order valence-electron chi connectivity index (χ3n) is 0.589. The molecule has 0 aromatic carbocycles. The number of esters is 1. The summed E-state index contributed by atoms with van der Waals surface area (Å²) in [4.78, 5) is 10.2. The molecule has 0 aromatic heterocycles. The molecule has 0 aliphatic rings. The molecule has 8 heavy (non-hydrogen) atoms. The number of carbonyl (C=O) groups excluding carboxylic acids is 1. The molecule has 3 nitrogen and oxygen atoms in total. The first-order valence-electron chi connectivity index (χ1n) is 2.13. The van der Waals surface area contributed by atoms with Gasteiger partial charge in [-0.3, -0.25) is 4.79 Å². The summed E-state index contributed by atoms with van der Waals surface area (Å²) in [5.74, 6) is -0.382. The molecule has 0 amide bonds. The SMILES string of the molecule is COC(=O)CC(N)Cl. The first-order chi connectivity index (χ1) is 3.66. The quantitative estimate of drug-likeness (QED) is 0.333. The Bertz CT molecular complexity index is 84.1. The van der Waals surface area contributed by atoms with Crippen LogP contribution in [0.3, 0.4) is 0 Å². The van der Waals surface area contributed by atoms with Crippen molar-refractivity contribution in [3.05, 3.63) is 0 Å². The van der Waals surface area contributed by atoms with E-state index in [1.165, 1.54) is 7.11 Å². The molecule has 0 saturated carbocycles. The van der Waals surface area contributed by atoms with Crippen LogP contribution < -0.4 is 5.73 Å². The third-order valence-corrected chi connectivity index (χ3v) is 0.744. The van der Waals surface area contributed by atoms with Crippen LogP contribution in [0.1, 0.15) is 6.42 Å². The molecule has 4 heteroatoms. The Kier molecular flexibility index (Phi) is 3.56. The van der Waals surface area contributed by atoms with E-state index in [0.29, 0.717) is 0 Å². The van der Waals surface area contributed by atoms with E-state index in [4.69, 9.17) is 17.3 Å². The number of halogens is 1. The van der Waals surface area contributed by atoms with E-state index in [-0.39, 0.29) is 12.4 Å².